The molecule has 6 nitrogen and oxygen atoms in total. The van der Waals surface area contributed by atoms with Crippen LogP contribution in [0.2, 0.25) is 0 Å². The predicted octanol–water partition coefficient (Wildman–Crippen LogP) is 3.72. The lowest BCUT2D eigenvalue weighted by Gasteiger charge is -2.37. The molecular weight excluding hydrogens is 379 g/mol. The molecule has 8 heteroatoms. The van der Waals surface area contributed by atoms with Crippen molar-refractivity contribution in [2.45, 2.75) is 64.1 Å². The second kappa shape index (κ2) is 8.34. The molecule has 1 aliphatic carbocycles. The molecule has 1 atom stereocenters. The number of hydrogen-bond acceptors (Lipinski definition) is 5. The van der Waals surface area contributed by atoms with E-state index in [-0.39, 0.29) is 17.3 Å². The summed E-state index contributed by atoms with van der Waals surface area (Å²) in [5.41, 5.74) is -0.151. The molecule has 1 fully saturated rings. The van der Waals surface area contributed by atoms with Crippen LogP contribution in [0.4, 0.5) is 4.39 Å². The van der Waals surface area contributed by atoms with Crippen molar-refractivity contribution in [1.29, 1.82) is 0 Å². The minimum Gasteiger partial charge on any atom is -0.349 e. The molecule has 2 amide bonds. The fourth-order valence-electron chi connectivity index (χ4n) is 3.62. The maximum Gasteiger partial charge on any atom is 0.276 e. The number of nitrogens with zero attached hydrogens (tertiary/aromatic N) is 3. The van der Waals surface area contributed by atoms with Gasteiger partial charge in [0.15, 0.2) is 5.69 Å². The Kier molecular flexibility index (Phi) is 6.07. The van der Waals surface area contributed by atoms with Crippen LogP contribution in [0, 0.1) is 5.82 Å². The average Bonchev–Trinajstić information content (AvgIpc) is 3.32. The topological polar surface area (TPSA) is 75.2 Å². The Morgan fingerprint density at radius 3 is 2.50 bits per heavy atom. The monoisotopic (exact) mass is 404 g/mol. The van der Waals surface area contributed by atoms with Gasteiger partial charge in [-0.25, -0.2) is 4.39 Å². The molecule has 0 spiro atoms. The molecule has 1 unspecified atom stereocenters. The number of benzene rings is 1. The molecule has 0 radical (unpaired) electrons. The van der Waals surface area contributed by atoms with Crippen molar-refractivity contribution in [1.82, 2.24) is 19.8 Å². The van der Waals surface area contributed by atoms with E-state index >= 15 is 0 Å². The van der Waals surface area contributed by atoms with Crippen molar-refractivity contribution in [3.63, 3.8) is 0 Å². The molecule has 28 heavy (non-hydrogen) atoms. The van der Waals surface area contributed by atoms with Crippen molar-refractivity contribution in [3.05, 3.63) is 46.7 Å². The Bertz CT molecular complexity index is 829. The second-order valence-corrected chi connectivity index (χ2v) is 8.71. The Morgan fingerprint density at radius 2 is 1.93 bits per heavy atom. The van der Waals surface area contributed by atoms with Crippen molar-refractivity contribution in [3.8, 4) is 0 Å². The first-order chi connectivity index (χ1) is 13.3. The van der Waals surface area contributed by atoms with Gasteiger partial charge in [0.2, 0.25) is 5.91 Å². The predicted molar refractivity (Wildman–Crippen MR) is 105 cm³/mol. The standard InChI is InChI=1S/C20H25FN4O2S/c1-20(2,3)22-18(26)17(14-10-6-7-11-15(14)21)25(13-8-4-5-9-13)19(27)16-12-28-24-23-16/h6-7,10-13,17H,4-5,8-9H2,1-3H3,(H,22,26). The van der Waals surface area contributed by atoms with Crippen LogP contribution >= 0.6 is 11.5 Å². The molecule has 1 saturated carbocycles. The number of rotatable bonds is 5. The highest BCUT2D eigenvalue weighted by Gasteiger charge is 2.40. The SMILES string of the molecule is CC(C)(C)NC(=O)C(c1ccccc1F)N(C(=O)c1csnn1)C1CCCC1. The highest BCUT2D eigenvalue weighted by Crippen LogP contribution is 2.34. The van der Waals surface area contributed by atoms with Crippen molar-refractivity contribution in [2.75, 3.05) is 0 Å². The van der Waals surface area contributed by atoms with Crippen LogP contribution in [0.25, 0.3) is 0 Å². The van der Waals surface area contributed by atoms with E-state index in [0.29, 0.717) is 0 Å². The molecule has 150 valence electrons. The Hall–Kier alpha value is -2.35. The van der Waals surface area contributed by atoms with E-state index in [9.17, 15) is 14.0 Å². The molecule has 1 aromatic heterocycles. The number of amides is 2. The Balaban J connectivity index is 2.09. The minimum atomic E-state index is -1.07. The molecule has 1 N–H and O–H groups in total. The lowest BCUT2D eigenvalue weighted by Crippen LogP contribution is -2.52. The lowest BCUT2D eigenvalue weighted by molar-refractivity contribution is -0.128. The number of hydrogen-bond donors (Lipinski definition) is 1. The van der Waals surface area contributed by atoms with E-state index in [1.54, 1.807) is 23.6 Å². The van der Waals surface area contributed by atoms with Gasteiger partial charge in [-0.15, -0.1) is 5.10 Å². The summed E-state index contributed by atoms with van der Waals surface area (Å²) < 4.78 is 18.5. The van der Waals surface area contributed by atoms with Crippen molar-refractivity contribution >= 4 is 23.3 Å². The van der Waals surface area contributed by atoms with Gasteiger partial charge in [-0.1, -0.05) is 35.5 Å². The smallest absolute Gasteiger partial charge is 0.276 e. The number of carbonyl (C=O) groups excluding carboxylic acids is 2. The summed E-state index contributed by atoms with van der Waals surface area (Å²) in [7, 11) is 0. The Morgan fingerprint density at radius 1 is 1.25 bits per heavy atom. The summed E-state index contributed by atoms with van der Waals surface area (Å²) in [4.78, 5) is 28.1. The van der Waals surface area contributed by atoms with Gasteiger partial charge in [0.05, 0.1) is 0 Å². The van der Waals surface area contributed by atoms with Crippen LogP contribution in [-0.2, 0) is 4.79 Å². The zero-order chi connectivity index (χ0) is 20.3. The molecule has 0 saturated heterocycles. The van der Waals surface area contributed by atoms with Crippen LogP contribution < -0.4 is 5.32 Å². The normalized spacial score (nSPS) is 16.0. The molecule has 1 aromatic carbocycles. The maximum atomic E-state index is 14.7. The summed E-state index contributed by atoms with van der Waals surface area (Å²) in [6, 6.07) is 4.91. The zero-order valence-electron chi connectivity index (χ0n) is 16.3. The third-order valence-electron chi connectivity index (χ3n) is 4.76. The number of carbonyl (C=O) groups is 2. The molecule has 2 aromatic rings. The van der Waals surface area contributed by atoms with E-state index in [2.05, 4.69) is 14.9 Å². The summed E-state index contributed by atoms with van der Waals surface area (Å²) >= 11 is 1.07. The first-order valence-electron chi connectivity index (χ1n) is 9.44. The number of halogens is 1. The first-order valence-corrected chi connectivity index (χ1v) is 10.3. The summed E-state index contributed by atoms with van der Waals surface area (Å²) in [5, 5.41) is 8.37. The van der Waals surface area contributed by atoms with Crippen molar-refractivity contribution < 1.29 is 14.0 Å². The average molecular weight is 405 g/mol. The van der Waals surface area contributed by atoms with E-state index in [4.69, 9.17) is 0 Å². The van der Waals surface area contributed by atoms with Crippen LogP contribution in [0.1, 0.15) is 68.5 Å². The zero-order valence-corrected chi connectivity index (χ0v) is 17.1. The fourth-order valence-corrected chi connectivity index (χ4v) is 4.05. The summed E-state index contributed by atoms with van der Waals surface area (Å²) in [6.07, 6.45) is 3.48. The van der Waals surface area contributed by atoms with Gasteiger partial charge in [0.25, 0.3) is 5.91 Å². The van der Waals surface area contributed by atoms with Gasteiger partial charge in [0, 0.05) is 22.5 Å². The van der Waals surface area contributed by atoms with E-state index < -0.39 is 29.2 Å². The van der Waals surface area contributed by atoms with Crippen LogP contribution in [-0.4, -0.2) is 37.9 Å². The molecule has 0 bridgehead atoms. The first kappa shape index (κ1) is 20.4. The molecule has 0 aliphatic heterocycles. The van der Waals surface area contributed by atoms with Crippen LogP contribution in [0.15, 0.2) is 29.6 Å². The van der Waals surface area contributed by atoms with E-state index in [0.717, 1.165) is 37.2 Å². The Labute approximate surface area is 168 Å². The number of aromatic nitrogens is 2. The summed E-state index contributed by atoms with van der Waals surface area (Å²) in [5.74, 6) is -1.30. The third kappa shape index (κ3) is 4.55. The minimum absolute atomic E-state index is 0.149. The summed E-state index contributed by atoms with van der Waals surface area (Å²) in [6.45, 7) is 5.57. The van der Waals surface area contributed by atoms with Crippen LogP contribution in [0.5, 0.6) is 0 Å². The van der Waals surface area contributed by atoms with E-state index in [1.807, 2.05) is 20.8 Å². The molecule has 1 aliphatic rings. The van der Waals surface area contributed by atoms with E-state index in [1.165, 1.54) is 11.0 Å². The van der Waals surface area contributed by atoms with Gasteiger partial charge in [-0.2, -0.15) is 0 Å². The van der Waals surface area contributed by atoms with Crippen molar-refractivity contribution in [2.24, 2.45) is 0 Å². The van der Waals surface area contributed by atoms with Gasteiger partial charge in [-0.3, -0.25) is 9.59 Å². The lowest BCUT2D eigenvalue weighted by atomic mass is 9.98. The molecular formula is C20H25FN4O2S. The molecule has 3 rings (SSSR count). The van der Waals surface area contributed by atoms with Gasteiger partial charge in [-0.05, 0) is 51.2 Å². The number of nitrogens with one attached hydrogen (secondary N) is 1. The van der Waals surface area contributed by atoms with Crippen LogP contribution in [0.3, 0.4) is 0 Å². The largest absolute Gasteiger partial charge is 0.349 e. The van der Waals surface area contributed by atoms with Gasteiger partial charge < -0.3 is 10.2 Å². The second-order valence-electron chi connectivity index (χ2n) is 8.10. The third-order valence-corrected chi connectivity index (χ3v) is 5.26. The highest BCUT2D eigenvalue weighted by molar-refractivity contribution is 7.03. The fraction of sp³-hybridized carbons (Fsp3) is 0.500. The molecule has 1 heterocycles. The maximum absolute atomic E-state index is 14.7. The quantitative estimate of drug-likeness (QED) is 0.824. The van der Waals surface area contributed by atoms with Gasteiger partial charge in [0.1, 0.15) is 11.9 Å². The van der Waals surface area contributed by atoms with Gasteiger partial charge >= 0.3 is 0 Å². The highest BCUT2D eigenvalue weighted by atomic mass is 32.1.